The van der Waals surface area contributed by atoms with E-state index in [9.17, 15) is 0 Å². The first-order chi connectivity index (χ1) is 8.65. The van der Waals surface area contributed by atoms with E-state index in [1.165, 1.54) is 11.5 Å². The van der Waals surface area contributed by atoms with Crippen LogP contribution in [-0.2, 0) is 4.74 Å². The van der Waals surface area contributed by atoms with E-state index in [4.69, 9.17) is 15.2 Å². The van der Waals surface area contributed by atoms with Gasteiger partial charge in [0, 0.05) is 19.7 Å². The first kappa shape index (κ1) is 15.0. The van der Waals surface area contributed by atoms with Crippen LogP contribution in [0.3, 0.4) is 0 Å². The SMILES string of the molecule is CCOc1c(N)nsc1N(CCOC)C(C)CC. The smallest absolute Gasteiger partial charge is 0.197 e. The van der Waals surface area contributed by atoms with E-state index in [0.717, 1.165) is 18.0 Å². The number of hydrogen-bond acceptors (Lipinski definition) is 6. The zero-order valence-corrected chi connectivity index (χ0v) is 12.4. The molecule has 0 aliphatic rings. The van der Waals surface area contributed by atoms with Gasteiger partial charge in [0.25, 0.3) is 0 Å². The number of nitrogens with two attached hydrogens (primary N) is 1. The van der Waals surface area contributed by atoms with Crippen LogP contribution in [0.25, 0.3) is 0 Å². The second-order valence-electron chi connectivity index (χ2n) is 4.08. The lowest BCUT2D eigenvalue weighted by Gasteiger charge is -2.29. The molecule has 2 N–H and O–H groups in total. The van der Waals surface area contributed by atoms with Gasteiger partial charge in [-0.2, -0.15) is 4.37 Å². The van der Waals surface area contributed by atoms with E-state index in [0.29, 0.717) is 30.8 Å². The molecular formula is C12H23N3O2S. The Balaban J connectivity index is 2.96. The lowest BCUT2D eigenvalue weighted by Crippen LogP contribution is -2.35. The number of nitrogen functional groups attached to an aromatic ring is 1. The van der Waals surface area contributed by atoms with Crippen molar-refractivity contribution in [2.75, 3.05) is 37.5 Å². The van der Waals surface area contributed by atoms with Gasteiger partial charge >= 0.3 is 0 Å². The van der Waals surface area contributed by atoms with Crippen LogP contribution in [0.15, 0.2) is 0 Å². The van der Waals surface area contributed by atoms with Crippen LogP contribution in [0.1, 0.15) is 27.2 Å². The van der Waals surface area contributed by atoms with Gasteiger partial charge in [-0.15, -0.1) is 0 Å². The molecule has 1 unspecified atom stereocenters. The fraction of sp³-hybridized carbons (Fsp3) is 0.750. The molecule has 0 aromatic carbocycles. The third-order valence-corrected chi connectivity index (χ3v) is 3.75. The van der Waals surface area contributed by atoms with Crippen LogP contribution in [0.5, 0.6) is 5.75 Å². The summed E-state index contributed by atoms with van der Waals surface area (Å²) in [6.45, 7) is 8.37. The molecule has 1 rings (SSSR count). The Morgan fingerprint density at radius 1 is 1.44 bits per heavy atom. The Kier molecular flexibility index (Phi) is 6.21. The quantitative estimate of drug-likeness (QED) is 0.788. The van der Waals surface area contributed by atoms with Crippen LogP contribution >= 0.6 is 11.5 Å². The van der Waals surface area contributed by atoms with Crippen molar-refractivity contribution < 1.29 is 9.47 Å². The zero-order chi connectivity index (χ0) is 13.5. The number of nitrogens with zero attached hydrogens (tertiary/aromatic N) is 2. The maximum absolute atomic E-state index is 5.85. The number of hydrogen-bond donors (Lipinski definition) is 1. The molecule has 0 aliphatic carbocycles. The molecule has 0 aliphatic heterocycles. The molecule has 6 heteroatoms. The molecule has 0 bridgehead atoms. The summed E-state index contributed by atoms with van der Waals surface area (Å²) in [5.74, 6) is 1.18. The number of rotatable bonds is 8. The van der Waals surface area contributed by atoms with Gasteiger partial charge in [-0.3, -0.25) is 0 Å². The van der Waals surface area contributed by atoms with Gasteiger partial charge in [0.05, 0.1) is 13.2 Å². The van der Waals surface area contributed by atoms with Crippen molar-refractivity contribution >= 4 is 22.4 Å². The van der Waals surface area contributed by atoms with E-state index in [1.807, 2.05) is 6.92 Å². The average Bonchev–Trinajstić information content (AvgIpc) is 2.72. The van der Waals surface area contributed by atoms with Crippen LogP contribution < -0.4 is 15.4 Å². The summed E-state index contributed by atoms with van der Waals surface area (Å²) in [5, 5.41) is 1.00. The van der Waals surface area contributed by atoms with Crippen molar-refractivity contribution in [2.45, 2.75) is 33.2 Å². The van der Waals surface area contributed by atoms with Gasteiger partial charge < -0.3 is 20.1 Å². The molecule has 0 spiro atoms. The molecule has 0 radical (unpaired) electrons. The monoisotopic (exact) mass is 273 g/mol. The highest BCUT2D eigenvalue weighted by molar-refractivity contribution is 7.11. The lowest BCUT2D eigenvalue weighted by molar-refractivity contribution is 0.203. The molecule has 1 aromatic rings. The number of aromatic nitrogens is 1. The molecule has 1 atom stereocenters. The third kappa shape index (κ3) is 3.49. The standard InChI is InChI=1S/C12H23N3O2S/c1-5-9(3)15(7-8-16-4)12-10(17-6-2)11(13)14-18-12/h9H,5-8H2,1-4H3,(H2,13,14). The lowest BCUT2D eigenvalue weighted by atomic mass is 10.2. The van der Waals surface area contributed by atoms with Gasteiger partial charge in [-0.05, 0) is 31.8 Å². The zero-order valence-electron chi connectivity index (χ0n) is 11.6. The molecule has 0 saturated carbocycles. The van der Waals surface area contributed by atoms with Gasteiger partial charge in [-0.1, -0.05) is 6.92 Å². The predicted molar refractivity (Wildman–Crippen MR) is 76.7 cm³/mol. The highest BCUT2D eigenvalue weighted by atomic mass is 32.1. The molecule has 0 saturated heterocycles. The minimum atomic E-state index is 0.402. The fourth-order valence-electron chi connectivity index (χ4n) is 1.68. The highest BCUT2D eigenvalue weighted by Crippen LogP contribution is 2.39. The minimum Gasteiger partial charge on any atom is -0.487 e. The van der Waals surface area contributed by atoms with E-state index >= 15 is 0 Å². The maximum Gasteiger partial charge on any atom is 0.197 e. The van der Waals surface area contributed by atoms with Crippen LogP contribution in [0.4, 0.5) is 10.8 Å². The predicted octanol–water partition coefficient (Wildman–Crippen LogP) is 2.38. The van der Waals surface area contributed by atoms with Crippen molar-refractivity contribution in [3.8, 4) is 5.75 Å². The van der Waals surface area contributed by atoms with Crippen molar-refractivity contribution in [1.29, 1.82) is 0 Å². The topological polar surface area (TPSA) is 60.6 Å². The van der Waals surface area contributed by atoms with Crippen molar-refractivity contribution in [3.05, 3.63) is 0 Å². The van der Waals surface area contributed by atoms with E-state index in [1.54, 1.807) is 7.11 Å². The molecule has 5 nitrogen and oxygen atoms in total. The van der Waals surface area contributed by atoms with Crippen LogP contribution in [0.2, 0.25) is 0 Å². The first-order valence-electron chi connectivity index (χ1n) is 6.29. The summed E-state index contributed by atoms with van der Waals surface area (Å²) in [6.07, 6.45) is 1.05. The van der Waals surface area contributed by atoms with E-state index in [-0.39, 0.29) is 0 Å². The number of anilines is 2. The number of ether oxygens (including phenoxy) is 2. The largest absolute Gasteiger partial charge is 0.487 e. The van der Waals surface area contributed by atoms with Gasteiger partial charge in [0.15, 0.2) is 16.6 Å². The number of methoxy groups -OCH3 is 1. The van der Waals surface area contributed by atoms with Crippen molar-refractivity contribution in [3.63, 3.8) is 0 Å². The van der Waals surface area contributed by atoms with Crippen molar-refractivity contribution in [1.82, 2.24) is 4.37 Å². The van der Waals surface area contributed by atoms with E-state index in [2.05, 4.69) is 23.1 Å². The molecule has 104 valence electrons. The third-order valence-electron chi connectivity index (χ3n) is 2.87. The summed E-state index contributed by atoms with van der Waals surface area (Å²) in [7, 11) is 1.71. The second kappa shape index (κ2) is 7.43. The van der Waals surface area contributed by atoms with Gasteiger partial charge in [0.1, 0.15) is 0 Å². The first-order valence-corrected chi connectivity index (χ1v) is 7.06. The Morgan fingerprint density at radius 2 is 2.17 bits per heavy atom. The van der Waals surface area contributed by atoms with Gasteiger partial charge in [-0.25, -0.2) is 0 Å². The Labute approximate surface area is 113 Å². The Morgan fingerprint density at radius 3 is 2.72 bits per heavy atom. The highest BCUT2D eigenvalue weighted by Gasteiger charge is 2.22. The molecule has 0 fully saturated rings. The van der Waals surface area contributed by atoms with Gasteiger partial charge in [0.2, 0.25) is 0 Å². The summed E-state index contributed by atoms with van der Waals surface area (Å²) in [5.41, 5.74) is 5.85. The molecule has 18 heavy (non-hydrogen) atoms. The second-order valence-corrected chi connectivity index (χ2v) is 4.83. The Hall–Kier alpha value is -1.01. The summed E-state index contributed by atoms with van der Waals surface area (Å²) in [4.78, 5) is 2.25. The fourth-order valence-corrected chi connectivity index (χ4v) is 2.57. The molecule has 1 aromatic heterocycles. The summed E-state index contributed by atoms with van der Waals surface area (Å²) < 4.78 is 15.0. The van der Waals surface area contributed by atoms with Crippen molar-refractivity contribution in [2.24, 2.45) is 0 Å². The van der Waals surface area contributed by atoms with E-state index < -0.39 is 0 Å². The van der Waals surface area contributed by atoms with Crippen LogP contribution in [0, 0.1) is 0 Å². The molecular weight excluding hydrogens is 250 g/mol. The summed E-state index contributed by atoms with van der Waals surface area (Å²) >= 11 is 1.39. The Bertz CT molecular complexity index is 357. The average molecular weight is 273 g/mol. The summed E-state index contributed by atoms with van der Waals surface area (Å²) in [6, 6.07) is 0.402. The molecule has 1 heterocycles. The normalized spacial score (nSPS) is 12.4. The molecule has 0 amide bonds. The maximum atomic E-state index is 5.85. The van der Waals surface area contributed by atoms with Crippen LogP contribution in [-0.4, -0.2) is 37.3 Å². The minimum absolute atomic E-state index is 0.402.